The molecule has 0 amide bonds. The summed E-state index contributed by atoms with van der Waals surface area (Å²) in [6.07, 6.45) is 2.70. The van der Waals surface area contributed by atoms with Crippen LogP contribution in [0.3, 0.4) is 0 Å². The quantitative estimate of drug-likeness (QED) is 0.539. The van der Waals surface area contributed by atoms with E-state index in [4.69, 9.17) is 4.74 Å². The van der Waals surface area contributed by atoms with Crippen LogP contribution in [0.1, 0.15) is 26.0 Å². The summed E-state index contributed by atoms with van der Waals surface area (Å²) in [5, 5.41) is 9.77. The molecule has 0 radical (unpaired) electrons. The van der Waals surface area contributed by atoms with Crippen LogP contribution >= 0.6 is 0 Å². The number of alkyl halides is 2. The molecule has 0 spiro atoms. The van der Waals surface area contributed by atoms with E-state index in [1.165, 1.54) is 32.1 Å². The lowest BCUT2D eigenvalue weighted by atomic mass is 9.56. The van der Waals surface area contributed by atoms with Gasteiger partial charge in [-0.2, -0.15) is 0 Å². The van der Waals surface area contributed by atoms with Crippen molar-refractivity contribution in [2.24, 2.45) is 23.2 Å². The highest BCUT2D eigenvalue weighted by atomic mass is 19.3. The summed E-state index contributed by atoms with van der Waals surface area (Å²) in [4.78, 5) is 28.7. The number of benzene rings is 1. The number of rotatable bonds is 4. The number of esters is 1. The number of halogens is 3. The number of ether oxygens (including phenoxy) is 1. The Kier molecular flexibility index (Phi) is 5.35. The second kappa shape index (κ2) is 7.76. The van der Waals surface area contributed by atoms with Crippen LogP contribution in [0.5, 0.6) is 0 Å². The minimum absolute atomic E-state index is 0.372. The fourth-order valence-corrected chi connectivity index (χ4v) is 4.99. The first-order valence-corrected chi connectivity index (χ1v) is 10.3. The molecule has 0 bridgehead atoms. The molecule has 168 valence electrons. The zero-order chi connectivity index (χ0) is 23.3. The summed E-state index contributed by atoms with van der Waals surface area (Å²) in [7, 11) is 0. The molecule has 1 aliphatic carbocycles. The summed E-state index contributed by atoms with van der Waals surface area (Å²) in [6, 6.07) is 9.43. The molecule has 2 fully saturated rings. The minimum atomic E-state index is -3.36. The van der Waals surface area contributed by atoms with Gasteiger partial charge >= 0.3 is 11.9 Å². The van der Waals surface area contributed by atoms with Crippen LogP contribution in [-0.2, 0) is 14.3 Å². The van der Waals surface area contributed by atoms with E-state index in [1.54, 1.807) is 36.5 Å². The number of hydrogen-bond acceptors (Lipinski definition) is 4. The third kappa shape index (κ3) is 3.47. The van der Waals surface area contributed by atoms with Gasteiger partial charge in [0.05, 0.1) is 5.69 Å². The van der Waals surface area contributed by atoms with Crippen molar-refractivity contribution < 1.29 is 32.6 Å². The number of hydrogen-bond donors (Lipinski definition) is 1. The van der Waals surface area contributed by atoms with Gasteiger partial charge in [0.15, 0.2) is 5.41 Å². The largest absolute Gasteiger partial charge is 0.480 e. The second-order valence-corrected chi connectivity index (χ2v) is 8.56. The average Bonchev–Trinajstić information content (AvgIpc) is 2.99. The Morgan fingerprint density at radius 2 is 1.97 bits per heavy atom. The summed E-state index contributed by atoms with van der Waals surface area (Å²) >= 11 is 0. The van der Waals surface area contributed by atoms with Gasteiger partial charge in [-0.25, -0.2) is 13.2 Å². The van der Waals surface area contributed by atoms with Gasteiger partial charge in [0.25, 0.3) is 5.92 Å². The molecule has 2 heterocycles. The summed E-state index contributed by atoms with van der Waals surface area (Å²) in [6.45, 7) is 2.90. The number of carbonyl (C=O) groups is 2. The average molecular weight is 445 g/mol. The monoisotopic (exact) mass is 445 g/mol. The maximum atomic E-state index is 14.8. The first-order valence-electron chi connectivity index (χ1n) is 10.3. The number of nitrogens with zero attached hydrogens (tertiary/aromatic N) is 1. The Bertz CT molecular complexity index is 1080. The molecule has 1 aromatic heterocycles. The van der Waals surface area contributed by atoms with Crippen LogP contribution < -0.4 is 0 Å². The number of fused-ring (bicyclic) bond motifs is 1. The maximum absolute atomic E-state index is 14.8. The predicted molar refractivity (Wildman–Crippen MR) is 110 cm³/mol. The first kappa shape index (κ1) is 22.0. The van der Waals surface area contributed by atoms with Crippen LogP contribution in [0.4, 0.5) is 13.2 Å². The molecule has 1 aromatic carbocycles. The van der Waals surface area contributed by atoms with E-state index in [0.717, 1.165) is 0 Å². The highest BCUT2D eigenvalue weighted by Gasteiger charge is 2.71. The maximum Gasteiger partial charge on any atom is 0.324 e. The number of allylic oxidation sites excluding steroid dienone is 1. The zero-order valence-corrected chi connectivity index (χ0v) is 17.5. The topological polar surface area (TPSA) is 76.5 Å². The second-order valence-electron chi connectivity index (χ2n) is 8.56. The van der Waals surface area contributed by atoms with Crippen molar-refractivity contribution in [3.63, 3.8) is 0 Å². The molecule has 1 aliphatic heterocycles. The third-order valence-corrected chi connectivity index (χ3v) is 6.72. The van der Waals surface area contributed by atoms with Crippen molar-refractivity contribution in [1.82, 2.24) is 4.98 Å². The molecule has 1 saturated carbocycles. The summed E-state index contributed by atoms with van der Waals surface area (Å²) in [5.41, 5.74) is -0.480. The molecule has 32 heavy (non-hydrogen) atoms. The van der Waals surface area contributed by atoms with Crippen molar-refractivity contribution in [3.8, 4) is 11.1 Å². The Labute approximate surface area is 182 Å². The van der Waals surface area contributed by atoms with Crippen molar-refractivity contribution in [2.75, 3.05) is 0 Å². The van der Waals surface area contributed by atoms with Gasteiger partial charge in [-0.3, -0.25) is 14.6 Å². The van der Waals surface area contributed by atoms with Gasteiger partial charge in [-0.1, -0.05) is 31.2 Å². The zero-order valence-electron chi connectivity index (χ0n) is 17.5. The van der Waals surface area contributed by atoms with E-state index >= 15 is 0 Å². The van der Waals surface area contributed by atoms with Gasteiger partial charge in [0.1, 0.15) is 11.9 Å². The third-order valence-electron chi connectivity index (χ3n) is 6.72. The molecular formula is C24H22F3NO4. The van der Waals surface area contributed by atoms with Crippen LogP contribution in [0.25, 0.3) is 17.2 Å². The van der Waals surface area contributed by atoms with Gasteiger partial charge in [0, 0.05) is 30.0 Å². The highest BCUT2D eigenvalue weighted by Crippen LogP contribution is 2.59. The standard InChI is InChI=1S/C24H22F3NO4/c1-13-19(20-14(2)32-22(31)23(20,21(29)30)12-24(13,26)27)9-8-18-7-6-16(11-28-18)15-4-3-5-17(25)10-15/h3-11,13-14,19-20H,12H2,1-2H3,(H,29,30)/t13-,14+,19-,20-,23+/m0/s1. The fourth-order valence-electron chi connectivity index (χ4n) is 4.99. The SMILES string of the molecule is C[C@H]1OC(=O)[C@]2(C(=O)O)CC(F)(F)[C@@H](C)[C@H](C=Cc3ccc(-c4cccc(F)c4)cn3)[C@H]12. The number of aromatic nitrogens is 1. The Morgan fingerprint density at radius 1 is 1.22 bits per heavy atom. The minimum Gasteiger partial charge on any atom is -0.480 e. The highest BCUT2D eigenvalue weighted by molar-refractivity contribution is 6.01. The van der Waals surface area contributed by atoms with E-state index in [2.05, 4.69) is 4.98 Å². The molecule has 2 aliphatic rings. The summed E-state index contributed by atoms with van der Waals surface area (Å²) < 4.78 is 48.3. The first-order chi connectivity index (χ1) is 15.1. The lowest BCUT2D eigenvalue weighted by Crippen LogP contribution is -2.57. The number of aliphatic carboxylic acids is 1. The van der Waals surface area contributed by atoms with Gasteiger partial charge < -0.3 is 9.84 Å². The van der Waals surface area contributed by atoms with E-state index in [0.29, 0.717) is 16.8 Å². The fraction of sp³-hybridized carbons (Fsp3) is 0.375. The van der Waals surface area contributed by atoms with Crippen molar-refractivity contribution >= 4 is 18.0 Å². The lowest BCUT2D eigenvalue weighted by molar-refractivity contribution is -0.188. The molecule has 1 N–H and O–H groups in total. The number of carboxylic acid groups (broad SMARTS) is 1. The molecule has 2 aromatic rings. The normalized spacial score (nSPS) is 31.3. The van der Waals surface area contributed by atoms with Gasteiger partial charge in [0.2, 0.25) is 0 Å². The molecule has 0 unspecified atom stereocenters. The molecule has 5 nitrogen and oxygen atoms in total. The number of cyclic esters (lactones) is 1. The van der Waals surface area contributed by atoms with Crippen LogP contribution in [0, 0.1) is 29.0 Å². The number of carbonyl (C=O) groups excluding carboxylic acids is 1. The van der Waals surface area contributed by atoms with Gasteiger partial charge in [-0.15, -0.1) is 0 Å². The summed E-state index contributed by atoms with van der Waals surface area (Å²) in [5.74, 6) is -9.46. The smallest absolute Gasteiger partial charge is 0.324 e. The molecule has 4 rings (SSSR count). The van der Waals surface area contributed by atoms with E-state index < -0.39 is 53.6 Å². The molecular weight excluding hydrogens is 423 g/mol. The molecule has 8 heteroatoms. The van der Waals surface area contributed by atoms with E-state index in [-0.39, 0.29) is 5.82 Å². The molecule has 1 saturated heterocycles. The van der Waals surface area contributed by atoms with Crippen LogP contribution in [0.15, 0.2) is 48.7 Å². The number of carboxylic acids is 1. The van der Waals surface area contributed by atoms with Crippen molar-refractivity contribution in [3.05, 3.63) is 60.2 Å². The number of pyridine rings is 1. The van der Waals surface area contributed by atoms with E-state index in [1.807, 2.05) is 0 Å². The van der Waals surface area contributed by atoms with E-state index in [9.17, 15) is 27.9 Å². The Balaban J connectivity index is 1.66. The van der Waals surface area contributed by atoms with Crippen molar-refractivity contribution in [2.45, 2.75) is 32.3 Å². The Morgan fingerprint density at radius 3 is 2.59 bits per heavy atom. The van der Waals surface area contributed by atoms with Crippen LogP contribution in [0.2, 0.25) is 0 Å². The van der Waals surface area contributed by atoms with Gasteiger partial charge in [-0.05, 0) is 42.7 Å². The lowest BCUT2D eigenvalue weighted by Gasteiger charge is -2.45. The van der Waals surface area contributed by atoms with Crippen LogP contribution in [-0.4, -0.2) is 34.1 Å². The predicted octanol–water partition coefficient (Wildman–Crippen LogP) is 4.82. The van der Waals surface area contributed by atoms with Crippen molar-refractivity contribution in [1.29, 1.82) is 0 Å². The molecule has 5 atom stereocenters. The Hall–Kier alpha value is -3.16.